The Morgan fingerprint density at radius 2 is 2.06 bits per heavy atom. The third-order valence-corrected chi connectivity index (χ3v) is 3.52. The number of ether oxygens (including phenoxy) is 2. The van der Waals surface area contributed by atoms with Crippen LogP contribution in [0.4, 0.5) is 0 Å². The molecule has 97 valence electrons. The fourth-order valence-corrected chi connectivity index (χ4v) is 2.45. The minimum Gasteiger partial charge on any atom is -0.454 e. The van der Waals surface area contributed by atoms with Crippen molar-refractivity contribution in [1.82, 2.24) is 10.2 Å². The van der Waals surface area contributed by atoms with Gasteiger partial charge >= 0.3 is 0 Å². The van der Waals surface area contributed by atoms with Gasteiger partial charge in [-0.15, -0.1) is 0 Å². The Balaban J connectivity index is 1.56. The first-order chi connectivity index (χ1) is 8.92. The third-order valence-electron chi connectivity index (χ3n) is 3.52. The van der Waals surface area contributed by atoms with Gasteiger partial charge in [-0.25, -0.2) is 5.32 Å². The van der Waals surface area contributed by atoms with Gasteiger partial charge in [-0.1, -0.05) is 6.07 Å². The smallest absolute Gasteiger partial charge is 0.231 e. The number of fused-ring (bicyclic) bond motifs is 1. The van der Waals surface area contributed by atoms with Gasteiger partial charge in [0.1, 0.15) is 0 Å². The van der Waals surface area contributed by atoms with Crippen LogP contribution in [0.1, 0.15) is 12.0 Å². The molecule has 4 nitrogen and oxygen atoms in total. The molecule has 4 heteroatoms. The lowest BCUT2D eigenvalue weighted by Gasteiger charge is -2.19. The van der Waals surface area contributed by atoms with Crippen LogP contribution in [0, 0.1) is 0 Å². The van der Waals surface area contributed by atoms with Crippen LogP contribution in [0.15, 0.2) is 18.2 Å². The molecule has 2 aliphatic heterocycles. The molecule has 1 radical (unpaired) electrons. The lowest BCUT2D eigenvalue weighted by Crippen LogP contribution is -2.29. The first kappa shape index (κ1) is 11.8. The third kappa shape index (κ3) is 2.76. The molecule has 0 atom stereocenters. The number of hydrogen-bond acceptors (Lipinski definition) is 3. The summed E-state index contributed by atoms with van der Waals surface area (Å²) in [6.07, 6.45) is 2.26. The summed E-state index contributed by atoms with van der Waals surface area (Å²) >= 11 is 0. The van der Waals surface area contributed by atoms with Crippen LogP contribution in [-0.2, 0) is 6.42 Å². The highest BCUT2D eigenvalue weighted by molar-refractivity contribution is 5.44. The van der Waals surface area contributed by atoms with Crippen molar-refractivity contribution in [3.05, 3.63) is 23.8 Å². The summed E-state index contributed by atoms with van der Waals surface area (Å²) in [6, 6.07) is 6.25. The molecule has 18 heavy (non-hydrogen) atoms. The van der Waals surface area contributed by atoms with Crippen molar-refractivity contribution in [1.29, 1.82) is 0 Å². The minimum atomic E-state index is 0.354. The van der Waals surface area contributed by atoms with Crippen molar-refractivity contribution in [2.45, 2.75) is 12.8 Å². The first-order valence-corrected chi connectivity index (χ1v) is 6.66. The van der Waals surface area contributed by atoms with Gasteiger partial charge in [0.15, 0.2) is 11.5 Å². The summed E-state index contributed by atoms with van der Waals surface area (Å²) in [5.74, 6) is 1.76. The highest BCUT2D eigenvalue weighted by Gasteiger charge is 2.14. The van der Waals surface area contributed by atoms with E-state index in [2.05, 4.69) is 22.3 Å². The summed E-state index contributed by atoms with van der Waals surface area (Å²) in [4.78, 5) is 2.50. The van der Waals surface area contributed by atoms with E-state index < -0.39 is 0 Å². The Labute approximate surface area is 108 Å². The zero-order chi connectivity index (χ0) is 12.2. The molecule has 1 aromatic carbocycles. The van der Waals surface area contributed by atoms with Crippen LogP contribution in [0.3, 0.4) is 0 Å². The molecule has 0 amide bonds. The zero-order valence-corrected chi connectivity index (χ0v) is 10.6. The standard InChI is InChI=1S/C14H19N2O2/c1-5-15-6-9-16(7-1)8-4-12-2-3-13-14(10-12)18-11-17-13/h2-3,10H,1,4-9,11H2. The Bertz CT molecular complexity index is 401. The number of rotatable bonds is 3. The summed E-state index contributed by atoms with van der Waals surface area (Å²) in [7, 11) is 0. The summed E-state index contributed by atoms with van der Waals surface area (Å²) in [5, 5.41) is 4.45. The fraction of sp³-hybridized carbons (Fsp3) is 0.571. The molecule has 0 saturated carbocycles. The van der Waals surface area contributed by atoms with Crippen LogP contribution >= 0.6 is 0 Å². The molecule has 3 rings (SSSR count). The second-order valence-electron chi connectivity index (χ2n) is 4.80. The van der Waals surface area contributed by atoms with Crippen molar-refractivity contribution in [3.8, 4) is 11.5 Å². The van der Waals surface area contributed by atoms with E-state index in [0.29, 0.717) is 6.79 Å². The van der Waals surface area contributed by atoms with E-state index in [4.69, 9.17) is 9.47 Å². The Hall–Kier alpha value is -1.26. The SMILES string of the molecule is c1cc2c(cc1CCN1CCC[N]CC1)OCO2. The van der Waals surface area contributed by atoms with Gasteiger partial charge in [-0.05, 0) is 37.1 Å². The second-order valence-corrected chi connectivity index (χ2v) is 4.80. The Morgan fingerprint density at radius 1 is 1.11 bits per heavy atom. The van der Waals surface area contributed by atoms with Gasteiger partial charge < -0.3 is 14.4 Å². The summed E-state index contributed by atoms with van der Waals surface area (Å²) in [6.45, 7) is 5.75. The zero-order valence-electron chi connectivity index (χ0n) is 10.6. The Kier molecular flexibility index (Phi) is 3.67. The van der Waals surface area contributed by atoms with E-state index in [1.807, 2.05) is 6.07 Å². The maximum Gasteiger partial charge on any atom is 0.231 e. The quantitative estimate of drug-likeness (QED) is 0.807. The lowest BCUT2D eigenvalue weighted by molar-refractivity contribution is 0.174. The predicted molar refractivity (Wildman–Crippen MR) is 69.2 cm³/mol. The van der Waals surface area contributed by atoms with Crippen molar-refractivity contribution in [2.75, 3.05) is 39.5 Å². The average molecular weight is 247 g/mol. The molecule has 0 unspecified atom stereocenters. The summed E-state index contributed by atoms with van der Waals surface area (Å²) < 4.78 is 10.7. The number of nitrogens with zero attached hydrogens (tertiary/aromatic N) is 2. The van der Waals surface area contributed by atoms with Crippen LogP contribution in [0.5, 0.6) is 11.5 Å². The van der Waals surface area contributed by atoms with Crippen molar-refractivity contribution >= 4 is 0 Å². The molecule has 1 saturated heterocycles. The average Bonchev–Trinajstić information content (AvgIpc) is 2.70. The fourth-order valence-electron chi connectivity index (χ4n) is 2.45. The van der Waals surface area contributed by atoms with Gasteiger partial charge in [0, 0.05) is 26.2 Å². The molecule has 0 bridgehead atoms. The van der Waals surface area contributed by atoms with E-state index in [-0.39, 0.29) is 0 Å². The molecule has 0 N–H and O–H groups in total. The molecule has 2 heterocycles. The van der Waals surface area contributed by atoms with Gasteiger partial charge in [0.05, 0.1) is 0 Å². The highest BCUT2D eigenvalue weighted by atomic mass is 16.7. The minimum absolute atomic E-state index is 0.354. The first-order valence-electron chi connectivity index (χ1n) is 6.66. The van der Waals surface area contributed by atoms with Crippen LogP contribution < -0.4 is 14.8 Å². The normalized spacial score (nSPS) is 19.8. The molecule has 0 aromatic heterocycles. The van der Waals surface area contributed by atoms with Crippen LogP contribution in [0.25, 0.3) is 0 Å². The van der Waals surface area contributed by atoms with Gasteiger partial charge in [0.2, 0.25) is 6.79 Å². The molecule has 2 aliphatic rings. The topological polar surface area (TPSA) is 35.8 Å². The largest absolute Gasteiger partial charge is 0.454 e. The molecular weight excluding hydrogens is 228 g/mol. The van der Waals surface area contributed by atoms with E-state index >= 15 is 0 Å². The van der Waals surface area contributed by atoms with Crippen LogP contribution in [0.2, 0.25) is 0 Å². The van der Waals surface area contributed by atoms with E-state index in [1.165, 1.54) is 18.5 Å². The monoisotopic (exact) mass is 247 g/mol. The van der Waals surface area contributed by atoms with Crippen molar-refractivity contribution < 1.29 is 9.47 Å². The summed E-state index contributed by atoms with van der Waals surface area (Å²) in [5.41, 5.74) is 1.32. The lowest BCUT2D eigenvalue weighted by atomic mass is 10.1. The molecule has 0 aliphatic carbocycles. The van der Waals surface area contributed by atoms with Gasteiger partial charge in [-0.2, -0.15) is 0 Å². The van der Waals surface area contributed by atoms with Crippen LogP contribution in [-0.4, -0.2) is 44.4 Å². The Morgan fingerprint density at radius 3 is 3.06 bits per heavy atom. The molecular formula is C14H19N2O2. The van der Waals surface area contributed by atoms with E-state index in [1.54, 1.807) is 0 Å². The molecule has 1 fully saturated rings. The van der Waals surface area contributed by atoms with Gasteiger partial charge in [-0.3, -0.25) is 0 Å². The second kappa shape index (κ2) is 5.59. The molecule has 0 spiro atoms. The number of hydrogen-bond donors (Lipinski definition) is 0. The van der Waals surface area contributed by atoms with Crippen molar-refractivity contribution in [3.63, 3.8) is 0 Å². The highest BCUT2D eigenvalue weighted by Crippen LogP contribution is 2.32. The predicted octanol–water partition coefficient (Wildman–Crippen LogP) is 1.27. The maximum atomic E-state index is 5.40. The number of benzene rings is 1. The van der Waals surface area contributed by atoms with Gasteiger partial charge in [0.25, 0.3) is 0 Å². The molecule has 1 aromatic rings. The van der Waals surface area contributed by atoms with Crippen molar-refractivity contribution in [2.24, 2.45) is 0 Å². The van der Waals surface area contributed by atoms with E-state index in [0.717, 1.165) is 44.1 Å². The maximum absolute atomic E-state index is 5.40. The van der Waals surface area contributed by atoms with E-state index in [9.17, 15) is 0 Å².